The van der Waals surface area contributed by atoms with Gasteiger partial charge in [-0.25, -0.2) is 0 Å². The molecule has 1 aromatic heterocycles. The van der Waals surface area contributed by atoms with Crippen molar-refractivity contribution in [3.8, 4) is 11.4 Å². The average Bonchev–Trinajstić information content (AvgIpc) is 2.88. The van der Waals surface area contributed by atoms with Gasteiger partial charge in [-0.3, -0.25) is 0 Å². The second-order valence-electron chi connectivity index (χ2n) is 3.97. The van der Waals surface area contributed by atoms with Gasteiger partial charge in [0, 0.05) is 6.54 Å². The van der Waals surface area contributed by atoms with Crippen molar-refractivity contribution in [3.05, 3.63) is 36.2 Å². The highest BCUT2D eigenvalue weighted by atomic mass is 16.5. The summed E-state index contributed by atoms with van der Waals surface area (Å²) < 4.78 is 5.29. The van der Waals surface area contributed by atoms with Crippen LogP contribution in [0.25, 0.3) is 5.69 Å². The second kappa shape index (κ2) is 6.16. The van der Waals surface area contributed by atoms with E-state index in [-0.39, 0.29) is 0 Å². The van der Waals surface area contributed by atoms with Crippen molar-refractivity contribution >= 4 is 0 Å². The van der Waals surface area contributed by atoms with Gasteiger partial charge in [0.1, 0.15) is 11.4 Å². The SMILES string of the molecule is CCCNCc1cnn(-c2ccccc2OC)n1. The van der Waals surface area contributed by atoms with Gasteiger partial charge < -0.3 is 10.1 Å². The van der Waals surface area contributed by atoms with Crippen molar-refractivity contribution in [2.75, 3.05) is 13.7 Å². The van der Waals surface area contributed by atoms with Crippen molar-refractivity contribution < 1.29 is 4.74 Å². The number of rotatable bonds is 6. The van der Waals surface area contributed by atoms with Crippen LogP contribution in [0.4, 0.5) is 0 Å². The van der Waals surface area contributed by atoms with Gasteiger partial charge >= 0.3 is 0 Å². The van der Waals surface area contributed by atoms with Crippen LogP contribution in [0.5, 0.6) is 5.75 Å². The summed E-state index contributed by atoms with van der Waals surface area (Å²) in [6.07, 6.45) is 2.88. The Labute approximate surface area is 107 Å². The summed E-state index contributed by atoms with van der Waals surface area (Å²) in [4.78, 5) is 1.60. The first-order valence-electron chi connectivity index (χ1n) is 6.10. The number of benzene rings is 1. The first kappa shape index (κ1) is 12.6. The summed E-state index contributed by atoms with van der Waals surface area (Å²) in [5, 5.41) is 12.0. The number of ether oxygens (including phenoxy) is 1. The molecule has 0 unspecified atom stereocenters. The number of hydrogen-bond acceptors (Lipinski definition) is 4. The van der Waals surface area contributed by atoms with Gasteiger partial charge in [0.2, 0.25) is 0 Å². The molecule has 0 amide bonds. The Bertz CT molecular complexity index is 495. The second-order valence-corrected chi connectivity index (χ2v) is 3.97. The molecule has 18 heavy (non-hydrogen) atoms. The molecule has 1 N–H and O–H groups in total. The lowest BCUT2D eigenvalue weighted by Gasteiger charge is -2.06. The molecule has 96 valence electrons. The highest BCUT2D eigenvalue weighted by Gasteiger charge is 2.07. The summed E-state index contributed by atoms with van der Waals surface area (Å²) in [5.41, 5.74) is 1.77. The van der Waals surface area contributed by atoms with Crippen LogP contribution >= 0.6 is 0 Å². The Morgan fingerprint density at radius 2 is 2.17 bits per heavy atom. The van der Waals surface area contributed by atoms with Gasteiger partial charge in [-0.1, -0.05) is 19.1 Å². The minimum atomic E-state index is 0.739. The Hall–Kier alpha value is -1.88. The molecule has 0 saturated carbocycles. The molecular formula is C13H18N4O. The van der Waals surface area contributed by atoms with Crippen LogP contribution in [0.15, 0.2) is 30.5 Å². The zero-order chi connectivity index (χ0) is 12.8. The minimum Gasteiger partial charge on any atom is -0.494 e. The van der Waals surface area contributed by atoms with Gasteiger partial charge in [-0.05, 0) is 25.1 Å². The van der Waals surface area contributed by atoms with Crippen molar-refractivity contribution in [1.82, 2.24) is 20.3 Å². The van der Waals surface area contributed by atoms with E-state index in [9.17, 15) is 0 Å². The number of aromatic nitrogens is 3. The van der Waals surface area contributed by atoms with E-state index in [1.54, 1.807) is 18.1 Å². The topological polar surface area (TPSA) is 52.0 Å². The van der Waals surface area contributed by atoms with Crippen molar-refractivity contribution in [2.45, 2.75) is 19.9 Å². The predicted octanol–water partition coefficient (Wildman–Crippen LogP) is 1.78. The maximum atomic E-state index is 5.29. The Morgan fingerprint density at radius 3 is 2.94 bits per heavy atom. The Morgan fingerprint density at radius 1 is 1.33 bits per heavy atom. The van der Waals surface area contributed by atoms with E-state index in [2.05, 4.69) is 22.4 Å². The molecule has 0 fully saturated rings. The molecule has 0 radical (unpaired) electrons. The molecule has 1 aromatic carbocycles. The number of hydrogen-bond donors (Lipinski definition) is 1. The molecule has 1 heterocycles. The monoisotopic (exact) mass is 246 g/mol. The summed E-state index contributed by atoms with van der Waals surface area (Å²) in [6, 6.07) is 7.70. The van der Waals surface area contributed by atoms with E-state index in [4.69, 9.17) is 4.74 Å². The molecule has 0 aliphatic heterocycles. The van der Waals surface area contributed by atoms with Crippen LogP contribution in [0, 0.1) is 0 Å². The summed E-state index contributed by atoms with van der Waals surface area (Å²) in [6.45, 7) is 3.86. The standard InChI is InChI=1S/C13H18N4O/c1-3-8-14-9-11-10-15-17(16-11)12-6-4-5-7-13(12)18-2/h4-7,10,14H,3,8-9H2,1-2H3. The Kier molecular flexibility index (Phi) is 4.30. The molecule has 2 rings (SSSR count). The largest absolute Gasteiger partial charge is 0.494 e. The number of nitrogens with zero attached hydrogens (tertiary/aromatic N) is 3. The van der Waals surface area contributed by atoms with Crippen LogP contribution in [0.2, 0.25) is 0 Å². The lowest BCUT2D eigenvalue weighted by molar-refractivity contribution is 0.410. The summed E-state index contributed by atoms with van der Waals surface area (Å²) in [5.74, 6) is 0.765. The van der Waals surface area contributed by atoms with Gasteiger partial charge in [-0.15, -0.1) is 4.80 Å². The zero-order valence-corrected chi connectivity index (χ0v) is 10.8. The van der Waals surface area contributed by atoms with E-state index in [1.807, 2.05) is 24.3 Å². The fourth-order valence-corrected chi connectivity index (χ4v) is 1.68. The smallest absolute Gasteiger partial charge is 0.146 e. The van der Waals surface area contributed by atoms with E-state index in [1.165, 1.54) is 0 Å². The van der Waals surface area contributed by atoms with E-state index < -0.39 is 0 Å². The molecule has 0 aliphatic carbocycles. The third-order valence-corrected chi connectivity index (χ3v) is 2.57. The number of methoxy groups -OCH3 is 1. The first-order valence-corrected chi connectivity index (χ1v) is 6.10. The molecular weight excluding hydrogens is 228 g/mol. The summed E-state index contributed by atoms with van der Waals surface area (Å²) >= 11 is 0. The lowest BCUT2D eigenvalue weighted by Crippen LogP contribution is -2.14. The minimum absolute atomic E-state index is 0.739. The number of para-hydroxylation sites is 2. The summed E-state index contributed by atoms with van der Waals surface area (Å²) in [7, 11) is 1.64. The molecule has 5 nitrogen and oxygen atoms in total. The van der Waals surface area contributed by atoms with E-state index in [0.717, 1.165) is 36.6 Å². The van der Waals surface area contributed by atoms with Crippen LogP contribution in [-0.4, -0.2) is 28.6 Å². The van der Waals surface area contributed by atoms with Gasteiger partial charge in [0.05, 0.1) is 19.0 Å². The maximum Gasteiger partial charge on any atom is 0.146 e. The van der Waals surface area contributed by atoms with Crippen molar-refractivity contribution in [1.29, 1.82) is 0 Å². The third-order valence-electron chi connectivity index (χ3n) is 2.57. The van der Waals surface area contributed by atoms with E-state index in [0.29, 0.717) is 0 Å². The zero-order valence-electron chi connectivity index (χ0n) is 10.8. The highest BCUT2D eigenvalue weighted by Crippen LogP contribution is 2.20. The molecule has 0 spiro atoms. The molecule has 0 atom stereocenters. The molecule has 5 heteroatoms. The lowest BCUT2D eigenvalue weighted by atomic mass is 10.3. The van der Waals surface area contributed by atoms with Gasteiger partial charge in [0.25, 0.3) is 0 Å². The predicted molar refractivity (Wildman–Crippen MR) is 69.9 cm³/mol. The van der Waals surface area contributed by atoms with Crippen LogP contribution < -0.4 is 10.1 Å². The van der Waals surface area contributed by atoms with Crippen LogP contribution in [0.3, 0.4) is 0 Å². The Balaban J connectivity index is 2.13. The van der Waals surface area contributed by atoms with E-state index >= 15 is 0 Å². The molecule has 0 saturated heterocycles. The average molecular weight is 246 g/mol. The van der Waals surface area contributed by atoms with Crippen LogP contribution in [-0.2, 0) is 6.54 Å². The van der Waals surface area contributed by atoms with Crippen molar-refractivity contribution in [3.63, 3.8) is 0 Å². The van der Waals surface area contributed by atoms with Crippen molar-refractivity contribution in [2.24, 2.45) is 0 Å². The molecule has 0 aliphatic rings. The fourth-order valence-electron chi connectivity index (χ4n) is 1.68. The third kappa shape index (κ3) is 2.87. The highest BCUT2D eigenvalue weighted by molar-refractivity contribution is 5.44. The normalized spacial score (nSPS) is 10.6. The maximum absolute atomic E-state index is 5.29. The van der Waals surface area contributed by atoms with Crippen LogP contribution in [0.1, 0.15) is 19.0 Å². The number of nitrogens with one attached hydrogen (secondary N) is 1. The first-order chi connectivity index (χ1) is 8.85. The fraction of sp³-hybridized carbons (Fsp3) is 0.385. The van der Waals surface area contributed by atoms with Gasteiger partial charge in [0.15, 0.2) is 0 Å². The quantitative estimate of drug-likeness (QED) is 0.789. The molecule has 0 bridgehead atoms. The molecule has 2 aromatic rings. The van der Waals surface area contributed by atoms with Gasteiger partial charge in [-0.2, -0.15) is 10.2 Å².